The Balaban J connectivity index is 1.17. The molecule has 18 heteroatoms. The molecule has 10 aromatic rings. The Hall–Kier alpha value is -9.78. The number of fused-ring (bicyclic) bond motifs is 6. The fraction of sp³-hybridized carbons (Fsp3) is 0.100. The highest BCUT2D eigenvalue weighted by atomic mass is 32.1. The van der Waals surface area contributed by atoms with Gasteiger partial charge in [0.25, 0.3) is 0 Å². The van der Waals surface area contributed by atoms with Crippen LogP contribution in [0, 0.1) is 0 Å². The molecule has 380 valence electrons. The van der Waals surface area contributed by atoms with E-state index in [0.717, 1.165) is 0 Å². The number of nitrogens with zero attached hydrogens (tertiary/aromatic N) is 4. The monoisotopic (exact) mass is 1070 g/mol. The number of ether oxygens (including phenoxy) is 4. The van der Waals surface area contributed by atoms with Gasteiger partial charge in [0.2, 0.25) is 42.8 Å². The molecule has 2 aliphatic carbocycles. The van der Waals surface area contributed by atoms with E-state index in [-0.39, 0.29) is 52.7 Å². The minimum absolute atomic E-state index is 0.0931. The van der Waals surface area contributed by atoms with Crippen molar-refractivity contribution >= 4 is 89.5 Å². The topological polar surface area (TPSA) is 224 Å². The molecular weight excluding hydrogens is 1030 g/mol. The summed E-state index contributed by atoms with van der Waals surface area (Å²) in [5, 5.41) is -1.33. The Morgan fingerprint density at radius 1 is 0.372 bits per heavy atom. The Bertz CT molecular complexity index is 3970. The largest absolute Gasteiger partial charge is 0.459 e. The Kier molecular flexibility index (Phi) is 12.4. The average molecular weight is 1070 g/mol. The van der Waals surface area contributed by atoms with E-state index in [1.165, 1.54) is 24.3 Å². The van der Waals surface area contributed by atoms with Crippen LogP contribution in [0.15, 0.2) is 199 Å². The molecule has 0 saturated heterocycles. The molecule has 2 aliphatic rings. The van der Waals surface area contributed by atoms with Crippen LogP contribution in [-0.2, 0) is 75.4 Å². The smallest absolute Gasteiger partial charge is 0.334 e. The first-order chi connectivity index (χ1) is 38.0. The van der Waals surface area contributed by atoms with Gasteiger partial charge in [-0.3, -0.25) is 38.4 Å². The first-order valence-electron chi connectivity index (χ1n) is 24.2. The minimum atomic E-state index is -2.88. The van der Waals surface area contributed by atoms with Crippen molar-refractivity contribution in [2.24, 2.45) is 9.98 Å². The molecule has 0 bridgehead atoms. The number of benzene rings is 6. The second-order valence-electron chi connectivity index (χ2n) is 18.2. The molecule has 12 rings (SSSR count). The van der Waals surface area contributed by atoms with Crippen LogP contribution < -0.4 is 32.4 Å². The molecule has 0 radical (unpaired) electrons. The second-order valence-corrected chi connectivity index (χ2v) is 20.1. The summed E-state index contributed by atoms with van der Waals surface area (Å²) in [5.74, 6) is -5.13. The lowest BCUT2D eigenvalue weighted by Gasteiger charge is -2.27. The lowest BCUT2D eigenvalue weighted by molar-refractivity contribution is -0.165. The maximum Gasteiger partial charge on any atom is 0.334 e. The molecule has 0 aliphatic heterocycles. The third kappa shape index (κ3) is 7.95. The molecule has 78 heavy (non-hydrogen) atoms. The standard InChI is InChI=1S/C60H36N4O12S2/c65-45-37-25-13-14-26-38(37)46(66)43(45)61-57-63-51-50(78-57)42-41(59(51,53(69)73-29-33-17-5-1-6-18-33)54(70)74-30-34-19-7-2-8-20-34)49-52(64-58(77-49)62-44-47(67)39-27-15-16-28-40(39)48(44)68)60(42,55(71)75-31-35-21-9-3-10-22-35)56(72)76-32-36-23-11-4-12-24-36/h1-28H,29-32H2. The van der Waals surface area contributed by atoms with Gasteiger partial charge in [-0.05, 0) is 22.3 Å². The number of esters is 4. The van der Waals surface area contributed by atoms with E-state index in [9.17, 15) is 19.2 Å². The van der Waals surface area contributed by atoms with E-state index in [0.29, 0.717) is 44.9 Å². The third-order valence-electron chi connectivity index (χ3n) is 13.6. The van der Waals surface area contributed by atoms with E-state index in [4.69, 9.17) is 28.9 Å². The summed E-state index contributed by atoms with van der Waals surface area (Å²) in [4.78, 5) is 137. The van der Waals surface area contributed by atoms with Crippen LogP contribution in [0.25, 0.3) is 32.7 Å². The highest BCUT2D eigenvalue weighted by molar-refractivity contribution is 7.18. The lowest BCUT2D eigenvalue weighted by Crippen LogP contribution is -2.46. The first kappa shape index (κ1) is 49.1. The van der Waals surface area contributed by atoms with Crippen LogP contribution >= 0.6 is 22.7 Å². The zero-order valence-electron chi connectivity index (χ0n) is 40.5. The molecule has 16 nitrogen and oxygen atoms in total. The number of carbonyl (C=O) groups is 4. The van der Waals surface area contributed by atoms with Crippen LogP contribution in [0.5, 0.6) is 0 Å². The number of aromatic nitrogens is 2. The molecule has 2 heterocycles. The molecule has 0 N–H and O–H groups in total. The van der Waals surface area contributed by atoms with Crippen molar-refractivity contribution < 1.29 is 38.1 Å². The maximum absolute atomic E-state index is 15.9. The zero-order chi connectivity index (χ0) is 53.7. The van der Waals surface area contributed by atoms with Crippen molar-refractivity contribution in [1.82, 2.24) is 9.97 Å². The van der Waals surface area contributed by atoms with Gasteiger partial charge in [-0.25, -0.2) is 20.0 Å². The van der Waals surface area contributed by atoms with Gasteiger partial charge in [0, 0.05) is 32.7 Å². The molecule has 0 amide bonds. The Morgan fingerprint density at radius 3 is 0.872 bits per heavy atom. The molecule has 2 aromatic heterocycles. The van der Waals surface area contributed by atoms with E-state index in [1.54, 1.807) is 146 Å². The Morgan fingerprint density at radius 2 is 0.615 bits per heavy atom. The van der Waals surface area contributed by atoms with Crippen LogP contribution in [0.3, 0.4) is 0 Å². The number of carbonyl (C=O) groups excluding carboxylic acids is 4. The van der Waals surface area contributed by atoms with Crippen molar-refractivity contribution in [3.8, 4) is 0 Å². The molecule has 0 saturated carbocycles. The molecule has 0 unspecified atom stereocenters. The number of hydrogen-bond donors (Lipinski definition) is 0. The quantitative estimate of drug-likeness (QED) is 0.0611. The minimum Gasteiger partial charge on any atom is -0.459 e. The van der Waals surface area contributed by atoms with E-state index >= 15 is 19.2 Å². The van der Waals surface area contributed by atoms with Crippen LogP contribution in [0.2, 0.25) is 0 Å². The number of hydrogen-bond acceptors (Lipinski definition) is 18. The van der Waals surface area contributed by atoms with E-state index < -0.39 is 105 Å². The summed E-state index contributed by atoms with van der Waals surface area (Å²) in [7, 11) is 0. The molecule has 8 aromatic carbocycles. The normalized spacial score (nSPS) is 13.6. The van der Waals surface area contributed by atoms with Gasteiger partial charge in [0.1, 0.15) is 26.4 Å². The summed E-state index contributed by atoms with van der Waals surface area (Å²) in [6.07, 6.45) is 0. The van der Waals surface area contributed by atoms with E-state index in [1.807, 2.05) is 0 Å². The third-order valence-corrected chi connectivity index (χ3v) is 15.5. The second kappa shape index (κ2) is 19.7. The van der Waals surface area contributed by atoms with Crippen LogP contribution in [0.1, 0.15) is 43.4 Å². The zero-order valence-corrected chi connectivity index (χ0v) is 42.1. The average Bonchev–Trinajstić information content (AvgIpc) is 3.54. The van der Waals surface area contributed by atoms with Gasteiger partial charge >= 0.3 is 23.9 Å². The van der Waals surface area contributed by atoms with Gasteiger partial charge in [0.15, 0.2) is 10.7 Å². The van der Waals surface area contributed by atoms with Gasteiger partial charge in [0.05, 0.1) is 21.1 Å². The Labute approximate surface area is 447 Å². The van der Waals surface area contributed by atoms with Crippen LogP contribution in [0.4, 0.5) is 10.3 Å². The van der Waals surface area contributed by atoms with Crippen molar-refractivity contribution in [2.75, 3.05) is 0 Å². The van der Waals surface area contributed by atoms with Gasteiger partial charge in [-0.2, -0.15) is 0 Å². The predicted octanol–water partition coefficient (Wildman–Crippen LogP) is 6.95. The van der Waals surface area contributed by atoms with Gasteiger partial charge in [-0.1, -0.05) is 193 Å². The van der Waals surface area contributed by atoms with Crippen molar-refractivity contribution in [2.45, 2.75) is 37.3 Å². The number of thiazole rings is 2. The predicted molar refractivity (Wildman–Crippen MR) is 288 cm³/mol. The maximum atomic E-state index is 15.9. The van der Waals surface area contributed by atoms with Gasteiger partial charge < -0.3 is 18.9 Å². The highest BCUT2D eigenvalue weighted by Gasteiger charge is 2.73. The molecule has 0 fully saturated rings. The summed E-state index contributed by atoms with van der Waals surface area (Å²) < 4.78 is 24.6. The van der Waals surface area contributed by atoms with Crippen molar-refractivity contribution in [3.05, 3.63) is 265 Å². The van der Waals surface area contributed by atoms with E-state index in [2.05, 4.69) is 9.98 Å². The van der Waals surface area contributed by atoms with Gasteiger partial charge in [-0.15, -0.1) is 0 Å². The first-order valence-corrected chi connectivity index (χ1v) is 25.8. The summed E-state index contributed by atoms with van der Waals surface area (Å²) in [6.45, 7) is -1.63. The van der Waals surface area contributed by atoms with Crippen LogP contribution in [-0.4, -0.2) is 33.8 Å². The SMILES string of the molecule is O=C(OCc1ccccc1)C1(C(=O)OCc2ccccc2)C2=C(c3sc(N=c4c(=O)c5ccccc5c4=O)nc31)C(C(=O)OCc1ccccc1)(C(=O)OCc1ccccc1)c1nc(N=c3c(=O)c4ccccc4c3=O)sc12. The summed E-state index contributed by atoms with van der Waals surface area (Å²) in [6, 6.07) is 46.5. The molecule has 0 spiro atoms. The summed E-state index contributed by atoms with van der Waals surface area (Å²) >= 11 is 1.33. The fourth-order valence-corrected chi connectivity index (χ4v) is 12.1. The van der Waals surface area contributed by atoms with Crippen molar-refractivity contribution in [3.63, 3.8) is 0 Å². The lowest BCUT2D eigenvalue weighted by atomic mass is 9.79. The van der Waals surface area contributed by atoms with Crippen molar-refractivity contribution in [1.29, 1.82) is 0 Å². The highest BCUT2D eigenvalue weighted by Crippen LogP contribution is 2.67. The molecule has 0 atom stereocenters. The number of rotatable bonds is 14. The fourth-order valence-electron chi connectivity index (χ4n) is 9.90. The molecular formula is C60H36N4O12S2. The summed E-state index contributed by atoms with van der Waals surface area (Å²) in [5.41, 5.74) is -8.12.